The number of carbonyl (C=O) groups is 2. The maximum Gasteiger partial charge on any atom is 0.410 e. The molecule has 0 aliphatic rings. The molecule has 1 amide bonds. The number of halogens is 1. The molecule has 4 nitrogen and oxygen atoms in total. The van der Waals surface area contributed by atoms with Crippen LogP contribution in [0.2, 0.25) is 5.02 Å². The number of amides is 1. The molecule has 1 aromatic rings. The van der Waals surface area contributed by atoms with Crippen LogP contribution >= 0.6 is 22.9 Å². The van der Waals surface area contributed by atoms with E-state index in [1.165, 1.54) is 23.3 Å². The van der Waals surface area contributed by atoms with E-state index < -0.39 is 17.7 Å². The van der Waals surface area contributed by atoms with Crippen LogP contribution in [0.25, 0.3) is 0 Å². The van der Waals surface area contributed by atoms with Gasteiger partial charge in [-0.1, -0.05) is 11.6 Å². The van der Waals surface area contributed by atoms with Gasteiger partial charge < -0.3 is 9.53 Å². The average molecular weight is 304 g/mol. The zero-order valence-corrected chi connectivity index (χ0v) is 13.3. The van der Waals surface area contributed by atoms with E-state index in [2.05, 4.69) is 0 Å². The molecule has 1 heterocycles. The van der Waals surface area contributed by atoms with Crippen LogP contribution in [-0.2, 0) is 9.53 Å². The van der Waals surface area contributed by atoms with E-state index in [-0.39, 0.29) is 0 Å². The monoisotopic (exact) mass is 303 g/mol. The van der Waals surface area contributed by atoms with Gasteiger partial charge in [0.2, 0.25) is 0 Å². The van der Waals surface area contributed by atoms with Gasteiger partial charge in [0.05, 0.1) is 9.90 Å². The van der Waals surface area contributed by atoms with Crippen molar-refractivity contribution in [2.24, 2.45) is 0 Å². The van der Waals surface area contributed by atoms with Crippen molar-refractivity contribution in [1.29, 1.82) is 0 Å². The van der Waals surface area contributed by atoms with Crippen LogP contribution in [0.5, 0.6) is 0 Å². The first-order chi connectivity index (χ1) is 8.67. The van der Waals surface area contributed by atoms with Gasteiger partial charge in [0, 0.05) is 7.05 Å². The summed E-state index contributed by atoms with van der Waals surface area (Å²) in [6.07, 6.45) is 0.146. The Hall–Kier alpha value is -1.07. The van der Waals surface area contributed by atoms with Crippen molar-refractivity contribution in [3.63, 3.8) is 0 Å². The molecule has 1 rings (SSSR count). The molecule has 0 saturated carbocycles. The molecule has 0 aliphatic carbocycles. The average Bonchev–Trinajstić information content (AvgIpc) is 2.60. The fourth-order valence-corrected chi connectivity index (χ4v) is 2.83. The predicted octanol–water partition coefficient (Wildman–Crippen LogP) is 3.82. The van der Waals surface area contributed by atoms with Gasteiger partial charge in [0.1, 0.15) is 17.9 Å². The van der Waals surface area contributed by atoms with Crippen LogP contribution in [0.1, 0.15) is 37.3 Å². The second-order valence-electron chi connectivity index (χ2n) is 5.27. The summed E-state index contributed by atoms with van der Waals surface area (Å²) < 4.78 is 5.24. The molecule has 0 N–H and O–H groups in total. The summed E-state index contributed by atoms with van der Waals surface area (Å²) in [5.74, 6) is 0. The molecular formula is C13H18ClNO3S. The highest BCUT2D eigenvalue weighted by molar-refractivity contribution is 7.11. The molecule has 0 bridgehead atoms. The first kappa shape index (κ1) is 16.0. The molecule has 1 unspecified atom stereocenters. The lowest BCUT2D eigenvalue weighted by Gasteiger charge is -2.27. The van der Waals surface area contributed by atoms with Crippen LogP contribution in [0.15, 0.2) is 5.38 Å². The SMILES string of the molecule is Cc1csc(C(C=O)N(C)C(=O)OC(C)(C)C)c1Cl. The van der Waals surface area contributed by atoms with Gasteiger partial charge in [0.15, 0.2) is 0 Å². The Balaban J connectivity index is 2.95. The van der Waals surface area contributed by atoms with Crippen LogP contribution in [0.3, 0.4) is 0 Å². The largest absolute Gasteiger partial charge is 0.444 e. The Labute approximate surface area is 122 Å². The number of thiophene rings is 1. The van der Waals surface area contributed by atoms with E-state index in [9.17, 15) is 9.59 Å². The highest BCUT2D eigenvalue weighted by Gasteiger charge is 2.28. The zero-order chi connectivity index (χ0) is 14.8. The van der Waals surface area contributed by atoms with Gasteiger partial charge in [-0.3, -0.25) is 4.90 Å². The van der Waals surface area contributed by atoms with Crippen molar-refractivity contribution in [3.05, 3.63) is 20.8 Å². The number of ether oxygens (including phenoxy) is 1. The Morgan fingerprint density at radius 1 is 1.53 bits per heavy atom. The van der Waals surface area contributed by atoms with Gasteiger partial charge in [-0.05, 0) is 38.6 Å². The topological polar surface area (TPSA) is 46.6 Å². The number of aldehydes is 1. The third kappa shape index (κ3) is 3.94. The fourth-order valence-electron chi connectivity index (χ4n) is 1.43. The van der Waals surface area contributed by atoms with E-state index in [1.54, 1.807) is 20.8 Å². The van der Waals surface area contributed by atoms with E-state index in [0.717, 1.165) is 5.56 Å². The molecule has 6 heteroatoms. The van der Waals surface area contributed by atoms with E-state index >= 15 is 0 Å². The number of rotatable bonds is 3. The summed E-state index contributed by atoms with van der Waals surface area (Å²) >= 11 is 7.50. The normalized spacial score (nSPS) is 12.9. The minimum atomic E-state index is -0.721. The molecule has 1 aromatic heterocycles. The second-order valence-corrected chi connectivity index (χ2v) is 6.56. The van der Waals surface area contributed by atoms with Gasteiger partial charge in [-0.15, -0.1) is 11.3 Å². The van der Waals surface area contributed by atoms with E-state index in [0.29, 0.717) is 16.2 Å². The second kappa shape index (κ2) is 5.92. The summed E-state index contributed by atoms with van der Waals surface area (Å²) in [5, 5.41) is 2.38. The molecule has 0 radical (unpaired) electrons. The molecule has 0 fully saturated rings. The van der Waals surface area contributed by atoms with Crippen molar-refractivity contribution in [2.75, 3.05) is 7.05 Å². The summed E-state index contributed by atoms with van der Waals surface area (Å²) in [4.78, 5) is 25.1. The Bertz CT molecular complexity index is 479. The molecule has 0 aromatic carbocycles. The van der Waals surface area contributed by atoms with Crippen molar-refractivity contribution in [1.82, 2.24) is 4.90 Å². The van der Waals surface area contributed by atoms with Gasteiger partial charge in [-0.25, -0.2) is 4.79 Å². The van der Waals surface area contributed by atoms with Crippen molar-refractivity contribution in [2.45, 2.75) is 39.3 Å². The lowest BCUT2D eigenvalue weighted by molar-refractivity contribution is -0.112. The maximum atomic E-state index is 12.0. The molecule has 1 atom stereocenters. The number of carbonyl (C=O) groups excluding carboxylic acids is 2. The van der Waals surface area contributed by atoms with Crippen molar-refractivity contribution < 1.29 is 14.3 Å². The van der Waals surface area contributed by atoms with Crippen LogP contribution in [0, 0.1) is 6.92 Å². The quantitative estimate of drug-likeness (QED) is 0.798. The molecule has 19 heavy (non-hydrogen) atoms. The molecular weight excluding hydrogens is 286 g/mol. The number of nitrogens with zero attached hydrogens (tertiary/aromatic N) is 1. The minimum Gasteiger partial charge on any atom is -0.444 e. The zero-order valence-electron chi connectivity index (χ0n) is 11.7. The standard InChI is InChI=1S/C13H18ClNO3S/c1-8-7-19-11(10(8)14)9(6-16)15(5)12(17)18-13(2,3)4/h6-7,9H,1-5H3. The van der Waals surface area contributed by atoms with E-state index in [1.807, 2.05) is 12.3 Å². The molecule has 0 aliphatic heterocycles. The smallest absolute Gasteiger partial charge is 0.410 e. The molecule has 0 spiro atoms. The number of hydrogen-bond acceptors (Lipinski definition) is 4. The summed E-state index contributed by atoms with van der Waals surface area (Å²) in [6, 6.07) is -0.721. The Morgan fingerprint density at radius 3 is 2.47 bits per heavy atom. The van der Waals surface area contributed by atoms with Gasteiger partial charge in [-0.2, -0.15) is 0 Å². The summed E-state index contributed by atoms with van der Waals surface area (Å²) in [6.45, 7) is 7.18. The first-order valence-corrected chi connectivity index (χ1v) is 7.07. The van der Waals surface area contributed by atoms with Crippen molar-refractivity contribution in [3.8, 4) is 0 Å². The summed E-state index contributed by atoms with van der Waals surface area (Å²) in [7, 11) is 1.53. The number of likely N-dealkylation sites (N-methyl/N-ethyl adjacent to an activating group) is 1. The predicted molar refractivity (Wildman–Crippen MR) is 76.9 cm³/mol. The lowest BCUT2D eigenvalue weighted by Crippen LogP contribution is -2.37. The lowest BCUT2D eigenvalue weighted by atomic mass is 10.2. The first-order valence-electron chi connectivity index (χ1n) is 5.82. The maximum absolute atomic E-state index is 12.0. The van der Waals surface area contributed by atoms with Crippen LogP contribution < -0.4 is 0 Å². The molecule has 0 saturated heterocycles. The Kier molecular flexibility index (Phi) is 4.98. The fraction of sp³-hybridized carbons (Fsp3) is 0.538. The third-order valence-electron chi connectivity index (χ3n) is 2.42. The Morgan fingerprint density at radius 2 is 2.11 bits per heavy atom. The van der Waals surface area contributed by atoms with Crippen LogP contribution in [0.4, 0.5) is 4.79 Å². The number of hydrogen-bond donors (Lipinski definition) is 0. The van der Waals surface area contributed by atoms with Gasteiger partial charge in [0.25, 0.3) is 0 Å². The highest BCUT2D eigenvalue weighted by Crippen LogP contribution is 2.34. The van der Waals surface area contributed by atoms with Gasteiger partial charge >= 0.3 is 6.09 Å². The van der Waals surface area contributed by atoms with Crippen molar-refractivity contribution >= 4 is 35.3 Å². The summed E-state index contributed by atoms with van der Waals surface area (Å²) in [5.41, 5.74) is 0.291. The van der Waals surface area contributed by atoms with Crippen LogP contribution in [-0.4, -0.2) is 29.9 Å². The van der Waals surface area contributed by atoms with E-state index in [4.69, 9.17) is 16.3 Å². The number of aryl methyl sites for hydroxylation is 1. The minimum absolute atomic E-state index is 0.525. The highest BCUT2D eigenvalue weighted by atomic mass is 35.5. The molecule has 106 valence electrons. The third-order valence-corrected chi connectivity index (χ3v) is 4.21.